The second-order valence-electron chi connectivity index (χ2n) is 5.76. The van der Waals surface area contributed by atoms with Gasteiger partial charge in [0, 0.05) is 10.9 Å². The Balaban J connectivity index is 1.47. The van der Waals surface area contributed by atoms with Crippen molar-refractivity contribution in [2.45, 2.75) is 6.61 Å². The van der Waals surface area contributed by atoms with Gasteiger partial charge in [0.2, 0.25) is 0 Å². The summed E-state index contributed by atoms with van der Waals surface area (Å²) in [5.74, 6) is 0.774. The van der Waals surface area contributed by atoms with Crippen LogP contribution in [0.5, 0.6) is 11.5 Å². The van der Waals surface area contributed by atoms with E-state index >= 15 is 0 Å². The topological polar surface area (TPSA) is 70.5 Å². The predicted octanol–water partition coefficient (Wildman–Crippen LogP) is 4.79. The minimum absolute atomic E-state index is 0.126. The molecule has 6 nitrogen and oxygen atoms in total. The summed E-state index contributed by atoms with van der Waals surface area (Å²) in [5.41, 5.74) is 2.02. The molecule has 2 heterocycles. The Kier molecular flexibility index (Phi) is 5.23. The molecule has 2 aromatic carbocycles. The predicted molar refractivity (Wildman–Crippen MR) is 109 cm³/mol. The quantitative estimate of drug-likeness (QED) is 0.424. The first-order valence-corrected chi connectivity index (χ1v) is 10.1. The maximum absolute atomic E-state index is 12.4. The fraction of sp³-hybridized carbons (Fsp3) is 0.150. The zero-order chi connectivity index (χ0) is 19.5. The summed E-state index contributed by atoms with van der Waals surface area (Å²) in [6.45, 7) is 0.126. The molecule has 0 fully saturated rings. The van der Waals surface area contributed by atoms with E-state index in [0.29, 0.717) is 16.5 Å². The highest BCUT2D eigenvalue weighted by molar-refractivity contribution is 7.18. The minimum Gasteiger partial charge on any atom is -0.493 e. The van der Waals surface area contributed by atoms with Crippen LogP contribution < -0.4 is 9.47 Å². The monoisotopic (exact) mass is 412 g/mol. The molecule has 0 unspecified atom stereocenters. The molecule has 0 bridgehead atoms. The molecule has 0 spiro atoms. The van der Waals surface area contributed by atoms with Crippen LogP contribution in [-0.4, -0.2) is 30.2 Å². The molecule has 0 saturated heterocycles. The van der Waals surface area contributed by atoms with Crippen molar-refractivity contribution < 1.29 is 19.0 Å². The standard InChI is InChI=1S/C20H16N2O4S2/c1-24-15-8-7-12(9-16(15)25-2)19-22-14(11-27-19)20(23)26-10-18-21-13-5-3-4-6-17(13)28-18/h3-9,11H,10H2,1-2H3. The number of hydrogen-bond acceptors (Lipinski definition) is 8. The summed E-state index contributed by atoms with van der Waals surface area (Å²) in [4.78, 5) is 21.2. The van der Waals surface area contributed by atoms with Crippen molar-refractivity contribution in [2.75, 3.05) is 14.2 Å². The van der Waals surface area contributed by atoms with E-state index in [2.05, 4.69) is 9.97 Å². The van der Waals surface area contributed by atoms with Gasteiger partial charge < -0.3 is 14.2 Å². The number of thiazole rings is 2. The molecule has 0 aliphatic rings. The number of esters is 1. The number of hydrogen-bond donors (Lipinski definition) is 0. The first-order chi connectivity index (χ1) is 13.7. The molecule has 0 aliphatic carbocycles. The number of nitrogens with zero attached hydrogens (tertiary/aromatic N) is 2. The molecule has 0 atom stereocenters. The average molecular weight is 412 g/mol. The van der Waals surface area contributed by atoms with Crippen molar-refractivity contribution in [1.82, 2.24) is 9.97 Å². The Bertz CT molecular complexity index is 1100. The van der Waals surface area contributed by atoms with Crippen LogP contribution >= 0.6 is 22.7 Å². The lowest BCUT2D eigenvalue weighted by Crippen LogP contribution is -2.05. The summed E-state index contributed by atoms with van der Waals surface area (Å²) < 4.78 is 17.0. The van der Waals surface area contributed by atoms with Gasteiger partial charge in [-0.1, -0.05) is 12.1 Å². The number of para-hydroxylation sites is 1. The number of benzene rings is 2. The van der Waals surface area contributed by atoms with E-state index < -0.39 is 5.97 Å². The van der Waals surface area contributed by atoms with E-state index in [9.17, 15) is 4.79 Å². The molecule has 0 N–H and O–H groups in total. The van der Waals surface area contributed by atoms with Crippen molar-refractivity contribution in [1.29, 1.82) is 0 Å². The van der Waals surface area contributed by atoms with Crippen LogP contribution in [0.25, 0.3) is 20.8 Å². The maximum atomic E-state index is 12.4. The number of fused-ring (bicyclic) bond motifs is 1. The summed E-state index contributed by atoms with van der Waals surface area (Å²) in [6.07, 6.45) is 0. The van der Waals surface area contributed by atoms with E-state index in [4.69, 9.17) is 14.2 Å². The summed E-state index contributed by atoms with van der Waals surface area (Å²) >= 11 is 2.88. The SMILES string of the molecule is COc1ccc(-c2nc(C(=O)OCc3nc4ccccc4s3)cs2)cc1OC. The van der Waals surface area contributed by atoms with E-state index in [0.717, 1.165) is 20.8 Å². The average Bonchev–Trinajstić information content (AvgIpc) is 3.38. The van der Waals surface area contributed by atoms with Crippen molar-refractivity contribution >= 4 is 38.9 Å². The first-order valence-electron chi connectivity index (χ1n) is 8.37. The molecule has 2 aromatic heterocycles. The largest absolute Gasteiger partial charge is 0.493 e. The molecule has 0 saturated carbocycles. The van der Waals surface area contributed by atoms with Gasteiger partial charge in [-0.2, -0.15) is 0 Å². The van der Waals surface area contributed by atoms with Crippen LogP contribution in [0.3, 0.4) is 0 Å². The summed E-state index contributed by atoms with van der Waals surface area (Å²) in [5, 5.41) is 3.14. The summed E-state index contributed by atoms with van der Waals surface area (Å²) in [6, 6.07) is 13.3. The smallest absolute Gasteiger partial charge is 0.358 e. The first kappa shape index (κ1) is 18.4. The normalized spacial score (nSPS) is 10.8. The van der Waals surface area contributed by atoms with E-state index in [1.807, 2.05) is 36.4 Å². The second kappa shape index (κ2) is 7.95. The lowest BCUT2D eigenvalue weighted by Gasteiger charge is -2.08. The maximum Gasteiger partial charge on any atom is 0.358 e. The van der Waals surface area contributed by atoms with E-state index in [1.165, 1.54) is 22.7 Å². The van der Waals surface area contributed by atoms with E-state index in [-0.39, 0.29) is 12.3 Å². The van der Waals surface area contributed by atoms with Crippen molar-refractivity contribution in [3.63, 3.8) is 0 Å². The van der Waals surface area contributed by atoms with Crippen LogP contribution in [0.1, 0.15) is 15.5 Å². The minimum atomic E-state index is -0.470. The van der Waals surface area contributed by atoms with Crippen molar-refractivity contribution in [3.05, 3.63) is 58.5 Å². The second-order valence-corrected chi connectivity index (χ2v) is 7.73. The third-order valence-corrected chi connectivity index (χ3v) is 5.91. The number of carbonyl (C=O) groups excluding carboxylic acids is 1. The van der Waals surface area contributed by atoms with Gasteiger partial charge in [0.05, 0.1) is 24.4 Å². The van der Waals surface area contributed by atoms with Gasteiger partial charge in [-0.3, -0.25) is 0 Å². The molecule has 28 heavy (non-hydrogen) atoms. The molecule has 0 amide bonds. The fourth-order valence-electron chi connectivity index (χ4n) is 2.65. The van der Waals surface area contributed by atoms with Gasteiger partial charge in [-0.15, -0.1) is 22.7 Å². The highest BCUT2D eigenvalue weighted by atomic mass is 32.1. The van der Waals surface area contributed by atoms with Gasteiger partial charge in [0.25, 0.3) is 0 Å². The van der Waals surface area contributed by atoms with Crippen LogP contribution in [-0.2, 0) is 11.3 Å². The van der Waals surface area contributed by atoms with Crippen molar-refractivity contribution in [3.8, 4) is 22.1 Å². The van der Waals surface area contributed by atoms with Crippen LogP contribution in [0.4, 0.5) is 0 Å². The molecule has 4 rings (SSSR count). The number of aromatic nitrogens is 2. The highest BCUT2D eigenvalue weighted by Gasteiger charge is 2.16. The Morgan fingerprint density at radius 2 is 1.86 bits per heavy atom. The number of ether oxygens (including phenoxy) is 3. The molecular weight excluding hydrogens is 396 g/mol. The molecular formula is C20H16N2O4S2. The molecule has 0 radical (unpaired) electrons. The number of rotatable bonds is 6. The highest BCUT2D eigenvalue weighted by Crippen LogP contribution is 2.33. The Morgan fingerprint density at radius 3 is 2.64 bits per heavy atom. The van der Waals surface area contributed by atoms with Gasteiger partial charge in [-0.05, 0) is 30.3 Å². The lowest BCUT2D eigenvalue weighted by molar-refractivity contribution is 0.0466. The van der Waals surface area contributed by atoms with Gasteiger partial charge in [-0.25, -0.2) is 14.8 Å². The number of carbonyl (C=O) groups is 1. The summed E-state index contributed by atoms with van der Waals surface area (Å²) in [7, 11) is 3.16. The van der Waals surface area contributed by atoms with Gasteiger partial charge in [0.15, 0.2) is 17.2 Å². The fourth-order valence-corrected chi connectivity index (χ4v) is 4.32. The number of methoxy groups -OCH3 is 2. The zero-order valence-electron chi connectivity index (χ0n) is 15.2. The molecule has 142 valence electrons. The third kappa shape index (κ3) is 3.69. The van der Waals surface area contributed by atoms with Crippen LogP contribution in [0.15, 0.2) is 47.8 Å². The van der Waals surface area contributed by atoms with Crippen LogP contribution in [0.2, 0.25) is 0 Å². The third-order valence-electron chi connectivity index (χ3n) is 4.01. The van der Waals surface area contributed by atoms with E-state index in [1.54, 1.807) is 25.7 Å². The lowest BCUT2D eigenvalue weighted by atomic mass is 10.2. The zero-order valence-corrected chi connectivity index (χ0v) is 16.8. The van der Waals surface area contributed by atoms with Gasteiger partial charge >= 0.3 is 5.97 Å². The van der Waals surface area contributed by atoms with Crippen LogP contribution in [0, 0.1) is 0 Å². The molecule has 4 aromatic rings. The van der Waals surface area contributed by atoms with Gasteiger partial charge in [0.1, 0.15) is 16.6 Å². The van der Waals surface area contributed by atoms with Crippen molar-refractivity contribution in [2.24, 2.45) is 0 Å². The molecule has 8 heteroatoms. The molecule has 0 aliphatic heterocycles. The Hall–Kier alpha value is -2.97. The Labute approximate surface area is 169 Å². The Morgan fingerprint density at radius 1 is 1.04 bits per heavy atom.